The van der Waals surface area contributed by atoms with Gasteiger partial charge >= 0.3 is 5.69 Å². The van der Waals surface area contributed by atoms with Gasteiger partial charge in [0.2, 0.25) is 0 Å². The highest BCUT2D eigenvalue weighted by Gasteiger charge is 2.13. The van der Waals surface area contributed by atoms with Crippen LogP contribution < -0.4 is 10.4 Å². The van der Waals surface area contributed by atoms with Gasteiger partial charge in [0.1, 0.15) is 18.1 Å². The first-order valence-electron chi connectivity index (χ1n) is 9.01. The number of rotatable bonds is 6. The maximum absolute atomic E-state index is 12.5. The van der Waals surface area contributed by atoms with Crippen molar-refractivity contribution in [1.82, 2.24) is 19.3 Å². The minimum Gasteiger partial charge on any atom is -0.489 e. The van der Waals surface area contributed by atoms with Crippen molar-refractivity contribution in [2.24, 2.45) is 7.05 Å². The molecule has 6 heteroatoms. The molecule has 2 aromatic heterocycles. The van der Waals surface area contributed by atoms with Gasteiger partial charge in [-0.1, -0.05) is 48.5 Å². The standard InChI is InChI=1S/C22H20N4O2/c1-25-21(20-9-5-6-14-23-20)24-26(22(25)27)15-17-10-12-19(13-11-17)28-16-18-7-3-2-4-8-18/h2-14H,15-16H2,1H3. The fourth-order valence-corrected chi connectivity index (χ4v) is 2.91. The normalized spacial score (nSPS) is 10.8. The predicted molar refractivity (Wildman–Crippen MR) is 107 cm³/mol. The zero-order valence-corrected chi connectivity index (χ0v) is 15.5. The number of nitrogens with zero attached hydrogens (tertiary/aromatic N) is 4. The lowest BCUT2D eigenvalue weighted by Gasteiger charge is -2.07. The summed E-state index contributed by atoms with van der Waals surface area (Å²) in [6.07, 6.45) is 1.69. The first kappa shape index (κ1) is 17.7. The molecule has 28 heavy (non-hydrogen) atoms. The quantitative estimate of drug-likeness (QED) is 0.521. The molecule has 0 saturated heterocycles. The Morgan fingerprint density at radius 2 is 1.64 bits per heavy atom. The first-order valence-corrected chi connectivity index (χ1v) is 9.01. The van der Waals surface area contributed by atoms with Crippen LogP contribution in [0.15, 0.2) is 83.8 Å². The van der Waals surface area contributed by atoms with Gasteiger partial charge in [-0.2, -0.15) is 0 Å². The Kier molecular flexibility index (Phi) is 5.01. The van der Waals surface area contributed by atoms with Crippen LogP contribution in [-0.2, 0) is 20.2 Å². The SMILES string of the molecule is Cn1c(-c2ccccn2)nn(Cc2ccc(OCc3ccccc3)cc2)c1=O. The molecule has 0 saturated carbocycles. The van der Waals surface area contributed by atoms with Gasteiger partial charge in [-0.05, 0) is 35.4 Å². The third-order valence-corrected chi connectivity index (χ3v) is 4.44. The van der Waals surface area contributed by atoms with E-state index in [1.807, 2.05) is 72.8 Å². The maximum Gasteiger partial charge on any atom is 0.346 e. The molecule has 0 unspecified atom stereocenters. The topological polar surface area (TPSA) is 61.9 Å². The van der Waals surface area contributed by atoms with Crippen LogP contribution in [0.3, 0.4) is 0 Å². The van der Waals surface area contributed by atoms with Crippen molar-refractivity contribution in [2.45, 2.75) is 13.2 Å². The van der Waals surface area contributed by atoms with Crippen LogP contribution in [0.4, 0.5) is 0 Å². The minimum absolute atomic E-state index is 0.176. The number of hydrogen-bond donors (Lipinski definition) is 0. The van der Waals surface area contributed by atoms with E-state index in [2.05, 4.69) is 10.1 Å². The van der Waals surface area contributed by atoms with Crippen molar-refractivity contribution in [2.75, 3.05) is 0 Å². The van der Waals surface area contributed by atoms with E-state index in [1.54, 1.807) is 13.2 Å². The van der Waals surface area contributed by atoms with Crippen molar-refractivity contribution in [3.8, 4) is 17.3 Å². The van der Waals surface area contributed by atoms with E-state index in [-0.39, 0.29) is 5.69 Å². The molecule has 0 atom stereocenters. The van der Waals surface area contributed by atoms with E-state index in [1.165, 1.54) is 9.25 Å². The van der Waals surface area contributed by atoms with Crippen molar-refractivity contribution in [3.05, 3.63) is 101 Å². The van der Waals surface area contributed by atoms with Gasteiger partial charge in [0, 0.05) is 13.2 Å². The van der Waals surface area contributed by atoms with E-state index in [9.17, 15) is 4.79 Å². The van der Waals surface area contributed by atoms with Crippen LogP contribution in [0.25, 0.3) is 11.5 Å². The summed E-state index contributed by atoms with van der Waals surface area (Å²) in [6.45, 7) is 0.909. The molecule has 140 valence electrons. The third-order valence-electron chi connectivity index (χ3n) is 4.44. The molecule has 0 spiro atoms. The van der Waals surface area contributed by atoms with Gasteiger partial charge in [-0.25, -0.2) is 9.48 Å². The molecule has 0 fully saturated rings. The number of hydrogen-bond acceptors (Lipinski definition) is 4. The predicted octanol–water partition coefficient (Wildman–Crippen LogP) is 3.27. The monoisotopic (exact) mass is 372 g/mol. The van der Waals surface area contributed by atoms with Crippen molar-refractivity contribution in [3.63, 3.8) is 0 Å². The van der Waals surface area contributed by atoms with Crippen molar-refractivity contribution >= 4 is 0 Å². The van der Waals surface area contributed by atoms with Gasteiger partial charge in [-0.15, -0.1) is 5.10 Å². The zero-order valence-electron chi connectivity index (χ0n) is 15.5. The average molecular weight is 372 g/mol. The molecule has 0 aliphatic rings. The summed E-state index contributed by atoms with van der Waals surface area (Å²) < 4.78 is 8.77. The highest BCUT2D eigenvalue weighted by Crippen LogP contribution is 2.15. The molecular formula is C22H20N4O2. The molecular weight excluding hydrogens is 352 g/mol. The molecule has 4 rings (SSSR count). The summed E-state index contributed by atoms with van der Waals surface area (Å²) in [5.41, 5.74) is 2.59. The largest absolute Gasteiger partial charge is 0.489 e. The molecule has 0 aliphatic heterocycles. The summed E-state index contributed by atoms with van der Waals surface area (Å²) in [4.78, 5) is 16.8. The van der Waals surface area contributed by atoms with E-state index in [4.69, 9.17) is 4.74 Å². The Hall–Kier alpha value is -3.67. The van der Waals surface area contributed by atoms with Crippen LogP contribution in [0.1, 0.15) is 11.1 Å². The van der Waals surface area contributed by atoms with E-state index >= 15 is 0 Å². The van der Waals surface area contributed by atoms with Gasteiger partial charge in [0.25, 0.3) is 0 Å². The highest BCUT2D eigenvalue weighted by atomic mass is 16.5. The summed E-state index contributed by atoms with van der Waals surface area (Å²) in [5.74, 6) is 1.34. The maximum atomic E-state index is 12.5. The summed E-state index contributed by atoms with van der Waals surface area (Å²) in [5, 5.41) is 4.45. The second-order valence-corrected chi connectivity index (χ2v) is 6.46. The highest BCUT2D eigenvalue weighted by molar-refractivity contribution is 5.48. The Bertz CT molecular complexity index is 1100. The molecule has 2 heterocycles. The van der Waals surface area contributed by atoms with Crippen molar-refractivity contribution in [1.29, 1.82) is 0 Å². The number of ether oxygens (including phenoxy) is 1. The fourth-order valence-electron chi connectivity index (χ4n) is 2.91. The zero-order chi connectivity index (χ0) is 19.3. The molecule has 6 nitrogen and oxygen atoms in total. The average Bonchev–Trinajstić information content (AvgIpc) is 3.03. The molecule has 2 aromatic carbocycles. The van der Waals surface area contributed by atoms with Crippen LogP contribution >= 0.6 is 0 Å². The first-order chi connectivity index (χ1) is 13.7. The smallest absolute Gasteiger partial charge is 0.346 e. The van der Waals surface area contributed by atoms with E-state index in [0.717, 1.165) is 16.9 Å². The van der Waals surface area contributed by atoms with Crippen LogP contribution in [0.2, 0.25) is 0 Å². The third kappa shape index (κ3) is 3.86. The Morgan fingerprint density at radius 3 is 2.36 bits per heavy atom. The fraction of sp³-hybridized carbons (Fsp3) is 0.136. The number of pyridine rings is 1. The summed E-state index contributed by atoms with van der Waals surface area (Å²) in [7, 11) is 1.70. The number of aromatic nitrogens is 4. The lowest BCUT2D eigenvalue weighted by Crippen LogP contribution is -2.23. The molecule has 0 N–H and O–H groups in total. The Labute approximate surface area is 162 Å². The van der Waals surface area contributed by atoms with E-state index < -0.39 is 0 Å². The molecule has 4 aromatic rings. The molecule has 0 radical (unpaired) electrons. The Balaban J connectivity index is 1.47. The molecule has 0 amide bonds. The Morgan fingerprint density at radius 1 is 0.893 bits per heavy atom. The second-order valence-electron chi connectivity index (χ2n) is 6.46. The summed E-state index contributed by atoms with van der Waals surface area (Å²) >= 11 is 0. The molecule has 0 aliphatic carbocycles. The van der Waals surface area contributed by atoms with Crippen LogP contribution in [0, 0.1) is 0 Å². The number of benzene rings is 2. The van der Waals surface area contributed by atoms with Crippen LogP contribution in [0.5, 0.6) is 5.75 Å². The van der Waals surface area contributed by atoms with Gasteiger partial charge in [-0.3, -0.25) is 9.55 Å². The van der Waals surface area contributed by atoms with Gasteiger partial charge < -0.3 is 4.74 Å². The minimum atomic E-state index is -0.176. The van der Waals surface area contributed by atoms with Crippen LogP contribution in [-0.4, -0.2) is 19.3 Å². The van der Waals surface area contributed by atoms with Gasteiger partial charge in [0.05, 0.1) is 6.54 Å². The second kappa shape index (κ2) is 7.92. The van der Waals surface area contributed by atoms with Crippen molar-refractivity contribution < 1.29 is 4.74 Å². The molecule has 0 bridgehead atoms. The summed E-state index contributed by atoms with van der Waals surface area (Å²) in [6, 6.07) is 23.3. The lowest BCUT2D eigenvalue weighted by atomic mass is 10.2. The lowest BCUT2D eigenvalue weighted by molar-refractivity contribution is 0.306. The van der Waals surface area contributed by atoms with E-state index in [0.29, 0.717) is 24.7 Å². The van der Waals surface area contributed by atoms with Gasteiger partial charge in [0.15, 0.2) is 5.82 Å².